The number of aromatic nitrogens is 2. The average Bonchev–Trinajstić information content (AvgIpc) is 2.16. The number of nitrogens with zero attached hydrogens (tertiary/aromatic N) is 2. The van der Waals surface area contributed by atoms with E-state index in [-0.39, 0.29) is 11.9 Å². The van der Waals surface area contributed by atoms with E-state index in [4.69, 9.17) is 16.7 Å². The van der Waals surface area contributed by atoms with E-state index >= 15 is 0 Å². The summed E-state index contributed by atoms with van der Waals surface area (Å²) >= 11 is 7.33. The van der Waals surface area contributed by atoms with E-state index in [1.165, 1.54) is 11.8 Å². The van der Waals surface area contributed by atoms with Crippen LogP contribution in [0.15, 0.2) is 11.1 Å². The third-order valence-electron chi connectivity index (χ3n) is 1.61. The first kappa shape index (κ1) is 11.8. The van der Waals surface area contributed by atoms with E-state index in [0.717, 1.165) is 17.3 Å². The van der Waals surface area contributed by atoms with Crippen LogP contribution in [0.2, 0.25) is 5.15 Å². The summed E-state index contributed by atoms with van der Waals surface area (Å²) < 4.78 is 0. The molecule has 78 valence electrons. The summed E-state index contributed by atoms with van der Waals surface area (Å²) in [6.45, 7) is 4.05. The van der Waals surface area contributed by atoms with Gasteiger partial charge in [0.1, 0.15) is 16.0 Å². The Bertz CT molecular complexity index is 309. The van der Waals surface area contributed by atoms with E-state index < -0.39 is 0 Å². The van der Waals surface area contributed by atoms with E-state index in [1.807, 2.05) is 13.8 Å². The Morgan fingerprint density at radius 3 is 2.86 bits per heavy atom. The van der Waals surface area contributed by atoms with Crippen LogP contribution in [0.5, 0.6) is 0 Å². The summed E-state index contributed by atoms with van der Waals surface area (Å²) in [5.74, 6) is 0.741. The van der Waals surface area contributed by atoms with Gasteiger partial charge in [0.15, 0.2) is 0 Å². The molecular weight excluding hydrogens is 220 g/mol. The summed E-state index contributed by atoms with van der Waals surface area (Å²) in [7, 11) is 0. The first-order valence-electron chi connectivity index (χ1n) is 4.46. The quantitative estimate of drug-likeness (QED) is 0.639. The van der Waals surface area contributed by atoms with Crippen molar-refractivity contribution >= 4 is 23.4 Å². The Hall–Kier alpha value is -0.320. The summed E-state index contributed by atoms with van der Waals surface area (Å²) in [5.41, 5.74) is 0. The van der Waals surface area contributed by atoms with Gasteiger partial charge in [0.05, 0.1) is 6.61 Å². The first-order chi connectivity index (χ1) is 6.65. The highest BCUT2D eigenvalue weighted by molar-refractivity contribution is 7.99. The monoisotopic (exact) mass is 232 g/mol. The number of rotatable bonds is 4. The second-order valence-electron chi connectivity index (χ2n) is 2.91. The molecule has 0 saturated heterocycles. The maximum atomic E-state index is 8.89. The summed E-state index contributed by atoms with van der Waals surface area (Å²) in [6.07, 6.45) is 0.766. The van der Waals surface area contributed by atoms with Crippen LogP contribution in [0.4, 0.5) is 0 Å². The van der Waals surface area contributed by atoms with E-state index in [1.54, 1.807) is 6.07 Å². The van der Waals surface area contributed by atoms with Crippen molar-refractivity contribution in [3.8, 4) is 0 Å². The number of thioether (sulfide) groups is 1. The second kappa shape index (κ2) is 5.53. The molecule has 0 aliphatic carbocycles. The van der Waals surface area contributed by atoms with Crippen molar-refractivity contribution in [1.29, 1.82) is 0 Å². The van der Waals surface area contributed by atoms with E-state index in [9.17, 15) is 0 Å². The predicted molar refractivity (Wildman–Crippen MR) is 58.8 cm³/mol. The third-order valence-corrected chi connectivity index (χ3v) is 2.81. The zero-order chi connectivity index (χ0) is 10.6. The van der Waals surface area contributed by atoms with Crippen LogP contribution < -0.4 is 0 Å². The molecule has 1 rings (SSSR count). The van der Waals surface area contributed by atoms with Crippen molar-refractivity contribution in [2.24, 2.45) is 0 Å². The maximum absolute atomic E-state index is 8.89. The minimum atomic E-state index is 0.130. The fourth-order valence-electron chi connectivity index (χ4n) is 0.904. The van der Waals surface area contributed by atoms with Crippen molar-refractivity contribution in [2.75, 3.05) is 6.61 Å². The Balaban J connectivity index is 2.81. The highest BCUT2D eigenvalue weighted by Crippen LogP contribution is 2.22. The van der Waals surface area contributed by atoms with Gasteiger partial charge in [0.2, 0.25) is 0 Å². The lowest BCUT2D eigenvalue weighted by Gasteiger charge is -2.07. The van der Waals surface area contributed by atoms with Crippen LogP contribution in [0.1, 0.15) is 19.7 Å². The normalized spacial score (nSPS) is 12.9. The highest BCUT2D eigenvalue weighted by atomic mass is 35.5. The first-order valence-corrected chi connectivity index (χ1v) is 5.72. The molecule has 1 N–H and O–H groups in total. The zero-order valence-corrected chi connectivity index (χ0v) is 9.77. The Labute approximate surface area is 92.9 Å². The molecule has 0 radical (unpaired) electrons. The van der Waals surface area contributed by atoms with Gasteiger partial charge >= 0.3 is 0 Å². The van der Waals surface area contributed by atoms with Gasteiger partial charge in [0, 0.05) is 17.7 Å². The van der Waals surface area contributed by atoms with Crippen molar-refractivity contribution in [1.82, 2.24) is 9.97 Å². The lowest BCUT2D eigenvalue weighted by Crippen LogP contribution is -2.03. The fourth-order valence-corrected chi connectivity index (χ4v) is 1.99. The fraction of sp³-hybridized carbons (Fsp3) is 0.556. The van der Waals surface area contributed by atoms with Crippen LogP contribution in [0.25, 0.3) is 0 Å². The molecule has 0 aliphatic rings. The molecule has 1 heterocycles. The van der Waals surface area contributed by atoms with Crippen molar-refractivity contribution in [3.63, 3.8) is 0 Å². The molecule has 1 unspecified atom stereocenters. The molecule has 5 heteroatoms. The van der Waals surface area contributed by atoms with Crippen LogP contribution in [0, 0.1) is 0 Å². The number of aliphatic hydroxyl groups excluding tert-OH is 1. The molecule has 1 aromatic heterocycles. The summed E-state index contributed by atoms with van der Waals surface area (Å²) in [5, 5.41) is 10.3. The average molecular weight is 233 g/mol. The lowest BCUT2D eigenvalue weighted by atomic mass is 10.4. The Kier molecular flexibility index (Phi) is 4.65. The molecule has 0 fully saturated rings. The van der Waals surface area contributed by atoms with Gasteiger partial charge < -0.3 is 5.11 Å². The summed E-state index contributed by atoms with van der Waals surface area (Å²) in [6, 6.07) is 1.72. The molecule has 0 aliphatic heterocycles. The molecule has 14 heavy (non-hydrogen) atoms. The number of halogens is 1. The van der Waals surface area contributed by atoms with Gasteiger partial charge in [-0.3, -0.25) is 0 Å². The minimum Gasteiger partial charge on any atom is -0.395 e. The molecule has 3 nitrogen and oxygen atoms in total. The highest BCUT2D eigenvalue weighted by Gasteiger charge is 2.06. The van der Waals surface area contributed by atoms with Gasteiger partial charge in [-0.1, -0.05) is 25.4 Å². The van der Waals surface area contributed by atoms with Gasteiger partial charge in [-0.25, -0.2) is 9.97 Å². The smallest absolute Gasteiger partial charge is 0.133 e. The third kappa shape index (κ3) is 3.44. The van der Waals surface area contributed by atoms with Crippen LogP contribution in [-0.4, -0.2) is 26.9 Å². The Morgan fingerprint density at radius 1 is 1.57 bits per heavy atom. The minimum absolute atomic E-state index is 0.130. The van der Waals surface area contributed by atoms with Crippen molar-refractivity contribution in [2.45, 2.75) is 30.5 Å². The van der Waals surface area contributed by atoms with E-state index in [0.29, 0.717) is 5.15 Å². The standard InChI is InChI=1S/C9H13ClN2OS/c1-3-8-11-7(10)4-9(12-8)14-6(2)5-13/h4,6,13H,3,5H2,1-2H3. The van der Waals surface area contributed by atoms with Crippen molar-refractivity contribution in [3.05, 3.63) is 17.0 Å². The van der Waals surface area contributed by atoms with Gasteiger partial charge in [0.25, 0.3) is 0 Å². The molecule has 0 aromatic carbocycles. The number of aliphatic hydroxyl groups is 1. The lowest BCUT2D eigenvalue weighted by molar-refractivity contribution is 0.300. The maximum Gasteiger partial charge on any atom is 0.133 e. The molecule has 1 aromatic rings. The Morgan fingerprint density at radius 2 is 2.29 bits per heavy atom. The molecule has 0 bridgehead atoms. The number of hydrogen-bond donors (Lipinski definition) is 1. The van der Waals surface area contributed by atoms with Crippen LogP contribution >= 0.6 is 23.4 Å². The molecule has 1 atom stereocenters. The molecule has 0 saturated carbocycles. The largest absolute Gasteiger partial charge is 0.395 e. The predicted octanol–water partition coefficient (Wildman–Crippen LogP) is 2.17. The second-order valence-corrected chi connectivity index (χ2v) is 4.76. The van der Waals surface area contributed by atoms with Gasteiger partial charge in [-0.05, 0) is 0 Å². The molecular formula is C9H13ClN2OS. The topological polar surface area (TPSA) is 46.0 Å². The molecule has 0 spiro atoms. The van der Waals surface area contributed by atoms with Gasteiger partial charge in [-0.2, -0.15) is 0 Å². The number of hydrogen-bond acceptors (Lipinski definition) is 4. The summed E-state index contributed by atoms with van der Waals surface area (Å²) in [4.78, 5) is 8.36. The van der Waals surface area contributed by atoms with E-state index in [2.05, 4.69) is 9.97 Å². The SMILES string of the molecule is CCc1nc(Cl)cc(SC(C)CO)n1. The van der Waals surface area contributed by atoms with Crippen LogP contribution in [-0.2, 0) is 6.42 Å². The van der Waals surface area contributed by atoms with Gasteiger partial charge in [-0.15, -0.1) is 11.8 Å². The zero-order valence-electron chi connectivity index (χ0n) is 8.20. The molecule has 0 amide bonds. The van der Waals surface area contributed by atoms with Crippen molar-refractivity contribution < 1.29 is 5.11 Å². The van der Waals surface area contributed by atoms with Crippen LogP contribution in [0.3, 0.4) is 0 Å². The number of aryl methyl sites for hydroxylation is 1.